The number of hydrogen-bond acceptors (Lipinski definition) is 3. The molecule has 3 nitrogen and oxygen atoms in total. The summed E-state index contributed by atoms with van der Waals surface area (Å²) in [5.41, 5.74) is 3.41. The monoisotopic (exact) mass is 183 g/mol. The highest BCUT2D eigenvalue weighted by atomic mass is 15.2. The maximum Gasteiger partial charge on any atom is 0.180 e. The summed E-state index contributed by atoms with van der Waals surface area (Å²) in [5, 5.41) is 7.88. The maximum atomic E-state index is 4.45. The Balaban J connectivity index is 2.26. The SMILES string of the molecule is CC1C2=CN=NC2=Nc2ccccc21. The van der Waals surface area contributed by atoms with Crippen LogP contribution >= 0.6 is 0 Å². The second-order valence-corrected chi connectivity index (χ2v) is 3.52. The molecule has 3 heteroatoms. The number of fused-ring (bicyclic) bond motifs is 2. The molecule has 0 spiro atoms. The minimum absolute atomic E-state index is 0.355. The zero-order valence-electron chi connectivity index (χ0n) is 7.81. The molecular formula is C11H9N3. The lowest BCUT2D eigenvalue weighted by molar-refractivity contribution is 0.920. The Morgan fingerprint density at radius 1 is 1.21 bits per heavy atom. The van der Waals surface area contributed by atoms with Crippen LogP contribution < -0.4 is 0 Å². The summed E-state index contributed by atoms with van der Waals surface area (Å²) in [4.78, 5) is 4.45. The van der Waals surface area contributed by atoms with Gasteiger partial charge in [-0.25, -0.2) is 4.99 Å². The van der Waals surface area contributed by atoms with Gasteiger partial charge < -0.3 is 0 Å². The molecule has 0 radical (unpaired) electrons. The molecule has 14 heavy (non-hydrogen) atoms. The van der Waals surface area contributed by atoms with E-state index in [1.54, 1.807) is 6.20 Å². The molecule has 0 aliphatic carbocycles. The molecule has 0 saturated carbocycles. The molecule has 0 aromatic heterocycles. The van der Waals surface area contributed by atoms with Crippen molar-refractivity contribution in [3.63, 3.8) is 0 Å². The predicted molar refractivity (Wildman–Crippen MR) is 54.9 cm³/mol. The molecule has 2 aliphatic rings. The first-order valence-corrected chi connectivity index (χ1v) is 4.65. The Kier molecular flexibility index (Phi) is 1.42. The largest absolute Gasteiger partial charge is 0.227 e. The van der Waals surface area contributed by atoms with Gasteiger partial charge in [0.1, 0.15) is 0 Å². The van der Waals surface area contributed by atoms with Gasteiger partial charge in [-0.1, -0.05) is 25.1 Å². The van der Waals surface area contributed by atoms with Gasteiger partial charge in [-0.05, 0) is 11.6 Å². The molecule has 3 rings (SSSR count). The van der Waals surface area contributed by atoms with E-state index in [1.165, 1.54) is 5.56 Å². The number of aliphatic imine (C=N–C) groups is 1. The molecule has 1 aromatic rings. The molecule has 0 N–H and O–H groups in total. The third-order valence-electron chi connectivity index (χ3n) is 2.70. The summed E-state index contributed by atoms with van der Waals surface area (Å²) in [6.45, 7) is 2.16. The van der Waals surface area contributed by atoms with E-state index >= 15 is 0 Å². The second-order valence-electron chi connectivity index (χ2n) is 3.52. The Labute approximate surface area is 81.9 Å². The van der Waals surface area contributed by atoms with Gasteiger partial charge in [0, 0.05) is 11.5 Å². The molecule has 1 atom stereocenters. The van der Waals surface area contributed by atoms with E-state index < -0.39 is 0 Å². The van der Waals surface area contributed by atoms with E-state index in [2.05, 4.69) is 28.2 Å². The van der Waals surface area contributed by atoms with Crippen LogP contribution in [-0.2, 0) is 0 Å². The normalized spacial score (nSPS) is 22.5. The highest BCUT2D eigenvalue weighted by molar-refractivity contribution is 6.04. The minimum Gasteiger partial charge on any atom is -0.227 e. The first-order valence-electron chi connectivity index (χ1n) is 4.65. The molecule has 2 heterocycles. The first-order chi connectivity index (χ1) is 6.86. The Morgan fingerprint density at radius 3 is 3.00 bits per heavy atom. The van der Waals surface area contributed by atoms with Crippen molar-refractivity contribution in [3.8, 4) is 0 Å². The lowest BCUT2D eigenvalue weighted by atomic mass is 9.89. The topological polar surface area (TPSA) is 37.1 Å². The van der Waals surface area contributed by atoms with Gasteiger partial charge in [0.15, 0.2) is 5.84 Å². The lowest BCUT2D eigenvalue weighted by Gasteiger charge is -2.19. The standard InChI is InChI=1S/C11H9N3/c1-7-8-4-2-3-5-10(8)13-11-9(7)6-12-14-11/h2-7H,1H3. The van der Waals surface area contributed by atoms with Gasteiger partial charge in [0.25, 0.3) is 0 Å². The molecule has 0 bridgehead atoms. The molecule has 1 aromatic carbocycles. The van der Waals surface area contributed by atoms with Gasteiger partial charge in [-0.15, -0.1) is 5.11 Å². The first kappa shape index (κ1) is 7.62. The molecular weight excluding hydrogens is 174 g/mol. The van der Waals surface area contributed by atoms with Gasteiger partial charge in [0.2, 0.25) is 0 Å². The van der Waals surface area contributed by atoms with E-state index in [0.717, 1.165) is 17.1 Å². The van der Waals surface area contributed by atoms with Crippen LogP contribution in [0, 0.1) is 0 Å². The van der Waals surface area contributed by atoms with Gasteiger partial charge in [-0.2, -0.15) is 5.11 Å². The van der Waals surface area contributed by atoms with Crippen LogP contribution in [0.1, 0.15) is 18.4 Å². The summed E-state index contributed by atoms with van der Waals surface area (Å²) in [5.74, 6) is 1.13. The number of azo groups is 1. The van der Waals surface area contributed by atoms with Crippen LogP contribution in [0.15, 0.2) is 51.3 Å². The number of rotatable bonds is 0. The number of nitrogens with zero attached hydrogens (tertiary/aromatic N) is 3. The smallest absolute Gasteiger partial charge is 0.180 e. The fraction of sp³-hybridized carbons (Fsp3) is 0.182. The maximum absolute atomic E-state index is 4.45. The zero-order valence-corrected chi connectivity index (χ0v) is 7.81. The average molecular weight is 183 g/mol. The third-order valence-corrected chi connectivity index (χ3v) is 2.70. The number of hydrogen-bond donors (Lipinski definition) is 0. The molecule has 0 saturated heterocycles. The Morgan fingerprint density at radius 2 is 2.07 bits per heavy atom. The third kappa shape index (κ3) is 0.894. The van der Waals surface area contributed by atoms with Crippen LogP contribution in [0.3, 0.4) is 0 Å². The summed E-state index contributed by atoms with van der Waals surface area (Å²) in [6, 6.07) is 8.17. The molecule has 0 amide bonds. The number of para-hydroxylation sites is 1. The highest BCUT2D eigenvalue weighted by Crippen LogP contribution is 2.38. The van der Waals surface area contributed by atoms with Crippen LogP contribution in [0.25, 0.3) is 0 Å². The van der Waals surface area contributed by atoms with E-state index in [9.17, 15) is 0 Å². The average Bonchev–Trinajstić information content (AvgIpc) is 2.66. The van der Waals surface area contributed by atoms with E-state index in [4.69, 9.17) is 0 Å². The van der Waals surface area contributed by atoms with E-state index in [1.807, 2.05) is 18.2 Å². The van der Waals surface area contributed by atoms with Crippen LogP contribution in [0.5, 0.6) is 0 Å². The van der Waals surface area contributed by atoms with Crippen molar-refractivity contribution in [2.75, 3.05) is 0 Å². The zero-order chi connectivity index (χ0) is 9.54. The van der Waals surface area contributed by atoms with Gasteiger partial charge >= 0.3 is 0 Å². The van der Waals surface area contributed by atoms with Crippen molar-refractivity contribution < 1.29 is 0 Å². The van der Waals surface area contributed by atoms with E-state index in [0.29, 0.717) is 5.92 Å². The van der Waals surface area contributed by atoms with Crippen molar-refractivity contribution in [1.82, 2.24) is 0 Å². The summed E-state index contributed by atoms with van der Waals surface area (Å²) in [6.07, 6.45) is 1.80. The molecule has 0 fully saturated rings. The van der Waals surface area contributed by atoms with E-state index in [-0.39, 0.29) is 0 Å². The van der Waals surface area contributed by atoms with Gasteiger partial charge in [-0.3, -0.25) is 0 Å². The minimum atomic E-state index is 0.355. The fourth-order valence-corrected chi connectivity index (χ4v) is 1.89. The quantitative estimate of drug-likeness (QED) is 0.592. The van der Waals surface area contributed by atoms with Crippen LogP contribution in [0.2, 0.25) is 0 Å². The van der Waals surface area contributed by atoms with Gasteiger partial charge in [0.05, 0.1) is 11.9 Å². The fourth-order valence-electron chi connectivity index (χ4n) is 1.89. The van der Waals surface area contributed by atoms with Crippen molar-refractivity contribution in [1.29, 1.82) is 0 Å². The summed E-state index contributed by atoms with van der Waals surface area (Å²) in [7, 11) is 0. The Bertz CT molecular complexity index is 483. The molecule has 2 aliphatic heterocycles. The summed E-state index contributed by atoms with van der Waals surface area (Å²) < 4.78 is 0. The summed E-state index contributed by atoms with van der Waals surface area (Å²) >= 11 is 0. The van der Waals surface area contributed by atoms with Crippen molar-refractivity contribution >= 4 is 11.5 Å². The number of amidine groups is 1. The Hall–Kier alpha value is -1.77. The second kappa shape index (κ2) is 2.61. The van der Waals surface area contributed by atoms with Crippen molar-refractivity contribution in [2.24, 2.45) is 15.2 Å². The van der Waals surface area contributed by atoms with Crippen molar-refractivity contribution in [3.05, 3.63) is 41.6 Å². The number of benzene rings is 1. The van der Waals surface area contributed by atoms with Crippen molar-refractivity contribution in [2.45, 2.75) is 12.8 Å². The lowest BCUT2D eigenvalue weighted by Crippen LogP contribution is -2.09. The van der Waals surface area contributed by atoms with Crippen LogP contribution in [-0.4, -0.2) is 5.84 Å². The predicted octanol–water partition coefficient (Wildman–Crippen LogP) is 3.18. The molecule has 1 unspecified atom stereocenters. The van der Waals surface area contributed by atoms with Crippen LogP contribution in [0.4, 0.5) is 5.69 Å². The molecule has 68 valence electrons. The highest BCUT2D eigenvalue weighted by Gasteiger charge is 2.26.